The number of carbonyl (C=O) groups is 2. The molecule has 0 radical (unpaired) electrons. The van der Waals surface area contributed by atoms with Crippen molar-refractivity contribution in [2.45, 2.75) is 18.4 Å². The minimum absolute atomic E-state index is 0. The SMILES string of the molecule is C#CCOP(=O)([S-])n1cnc(C[C@H](NC(=O)OCC2c3ccccc3-c3ccccc32)C(=O)O)c1.[K+]. The summed E-state index contributed by atoms with van der Waals surface area (Å²) < 4.78 is 23.9. The second-order valence-corrected chi connectivity index (χ2v) is 10.8. The minimum atomic E-state index is -3.68. The van der Waals surface area contributed by atoms with E-state index in [2.05, 4.69) is 16.2 Å². The van der Waals surface area contributed by atoms with E-state index in [0.29, 0.717) is 0 Å². The monoisotopic (exact) mass is 549 g/mol. The molecule has 1 unspecified atom stereocenters. The summed E-state index contributed by atoms with van der Waals surface area (Å²) in [5.41, 5.74) is 4.50. The van der Waals surface area contributed by atoms with Gasteiger partial charge in [-0.05, 0) is 22.3 Å². The molecule has 3 aromatic rings. The molecule has 1 aliphatic rings. The van der Waals surface area contributed by atoms with Crippen LogP contribution < -0.4 is 56.7 Å². The fourth-order valence-corrected chi connectivity index (χ4v) is 5.22. The van der Waals surface area contributed by atoms with Gasteiger partial charge in [-0.2, -0.15) is 0 Å². The first-order valence-electron chi connectivity index (χ1n) is 10.6. The van der Waals surface area contributed by atoms with Crippen LogP contribution in [0, 0.1) is 12.3 Å². The largest absolute Gasteiger partial charge is 1.00 e. The Kier molecular flexibility index (Phi) is 10.0. The van der Waals surface area contributed by atoms with Crippen LogP contribution in [-0.4, -0.2) is 45.7 Å². The van der Waals surface area contributed by atoms with Crippen molar-refractivity contribution in [1.29, 1.82) is 0 Å². The second-order valence-electron chi connectivity index (χ2n) is 7.76. The second kappa shape index (κ2) is 12.6. The minimum Gasteiger partial charge on any atom is -0.666 e. The van der Waals surface area contributed by atoms with E-state index in [0.717, 1.165) is 26.6 Å². The summed E-state index contributed by atoms with van der Waals surface area (Å²) in [4.78, 5) is 28.3. The smallest absolute Gasteiger partial charge is 0.666 e. The van der Waals surface area contributed by atoms with Crippen LogP contribution in [-0.2, 0) is 37.3 Å². The molecule has 1 aliphatic carbocycles. The maximum absolute atomic E-state index is 12.5. The number of alkyl carbamates (subject to hydrolysis) is 1. The number of ether oxygens (including phenoxy) is 1. The average molecular weight is 550 g/mol. The Balaban J connectivity index is 0.00000361. The molecule has 0 spiro atoms. The summed E-state index contributed by atoms with van der Waals surface area (Å²) >= 11 is 4.92. The van der Waals surface area contributed by atoms with Crippen LogP contribution in [0.3, 0.4) is 0 Å². The Hall–Kier alpha value is -1.87. The number of terminal acetylenes is 1. The Bertz CT molecular complexity index is 1310. The third kappa shape index (κ3) is 6.51. The van der Waals surface area contributed by atoms with E-state index in [1.807, 2.05) is 48.5 Å². The Morgan fingerprint density at radius 2 is 1.81 bits per heavy atom. The Labute approximate surface area is 256 Å². The number of hydrogen-bond donors (Lipinski definition) is 2. The van der Waals surface area contributed by atoms with Crippen molar-refractivity contribution in [1.82, 2.24) is 14.6 Å². The molecule has 1 amide bonds. The van der Waals surface area contributed by atoms with Crippen LogP contribution in [0.15, 0.2) is 61.1 Å². The molecular weight excluding hydrogens is 528 g/mol. The maximum atomic E-state index is 12.5. The number of fused-ring (bicyclic) bond motifs is 3. The summed E-state index contributed by atoms with van der Waals surface area (Å²) in [5.74, 6) is 0.743. The number of carboxylic acid groups (broad SMARTS) is 1. The zero-order chi connectivity index (χ0) is 25.0. The molecule has 2 N–H and O–H groups in total. The van der Waals surface area contributed by atoms with Crippen molar-refractivity contribution in [2.75, 3.05) is 13.2 Å². The number of amides is 1. The van der Waals surface area contributed by atoms with Crippen LogP contribution in [0.1, 0.15) is 22.7 Å². The van der Waals surface area contributed by atoms with E-state index >= 15 is 0 Å². The quantitative estimate of drug-likeness (QED) is 0.172. The van der Waals surface area contributed by atoms with Crippen molar-refractivity contribution in [3.8, 4) is 23.5 Å². The van der Waals surface area contributed by atoms with Gasteiger partial charge < -0.3 is 31.9 Å². The number of nitrogens with one attached hydrogen (secondary N) is 1. The van der Waals surface area contributed by atoms with E-state index in [9.17, 15) is 19.3 Å². The maximum Gasteiger partial charge on any atom is 1.00 e. The number of rotatable bonds is 9. The van der Waals surface area contributed by atoms with Crippen molar-refractivity contribution < 1.29 is 79.9 Å². The first-order chi connectivity index (χ1) is 16.8. The fraction of sp³-hybridized carbons (Fsp3) is 0.208. The summed E-state index contributed by atoms with van der Waals surface area (Å²) in [6, 6.07) is 14.5. The number of aliphatic carboxylic acids is 1. The summed E-state index contributed by atoms with van der Waals surface area (Å²) in [7, 11) is 0. The van der Waals surface area contributed by atoms with Gasteiger partial charge in [0.25, 0.3) is 0 Å². The molecule has 0 saturated carbocycles. The van der Waals surface area contributed by atoms with E-state index < -0.39 is 24.8 Å². The van der Waals surface area contributed by atoms with E-state index in [4.69, 9.17) is 27.9 Å². The molecule has 1 heterocycles. The molecule has 2 atom stereocenters. The molecule has 0 aliphatic heterocycles. The number of benzene rings is 2. The summed E-state index contributed by atoms with van der Waals surface area (Å²) in [6.07, 6.45) is 6.52. The van der Waals surface area contributed by atoms with Crippen LogP contribution >= 0.6 is 6.72 Å². The molecule has 1 aromatic heterocycles. The van der Waals surface area contributed by atoms with Crippen molar-refractivity contribution >= 4 is 31.0 Å². The topological polar surface area (TPSA) is 120 Å². The van der Waals surface area contributed by atoms with E-state index in [1.165, 1.54) is 12.5 Å². The van der Waals surface area contributed by atoms with Gasteiger partial charge in [0, 0.05) is 18.5 Å². The summed E-state index contributed by atoms with van der Waals surface area (Å²) in [6.45, 7) is -3.87. The van der Waals surface area contributed by atoms with Crippen molar-refractivity contribution in [3.63, 3.8) is 0 Å². The van der Waals surface area contributed by atoms with Gasteiger partial charge in [-0.3, -0.25) is 8.90 Å². The predicted octanol–water partition coefficient (Wildman–Crippen LogP) is 0.574. The van der Waals surface area contributed by atoms with Gasteiger partial charge in [0.2, 0.25) is 0 Å². The van der Waals surface area contributed by atoms with Crippen LogP contribution in [0.4, 0.5) is 4.79 Å². The molecule has 4 rings (SSSR count). The molecule has 9 nitrogen and oxygen atoms in total. The predicted molar refractivity (Wildman–Crippen MR) is 131 cm³/mol. The van der Waals surface area contributed by atoms with Gasteiger partial charge in [0.1, 0.15) is 25.6 Å². The van der Waals surface area contributed by atoms with Crippen molar-refractivity contribution in [3.05, 3.63) is 77.9 Å². The standard InChI is InChI=1S/C24H22N3O6PS.K/c1-2-11-33-34(31,35)27-13-16(25-15-27)12-22(23(28)29)26-24(30)32-14-21-19-9-5-3-7-17(19)18-8-4-6-10-20(18)21;/h1,3-10,13,15,21-22H,11-12,14H2,(H,26,30)(H,28,29)(H,31,35);/q;+1/p-1/t22-,34?;/m0./s1. The molecule has 0 saturated heterocycles. The number of nitrogens with zero attached hydrogens (tertiary/aromatic N) is 2. The van der Waals surface area contributed by atoms with E-state index in [1.54, 1.807) is 0 Å². The number of imidazole rings is 1. The normalized spacial score (nSPS) is 14.3. The fourth-order valence-electron chi connectivity index (χ4n) is 3.97. The first kappa shape index (κ1) is 28.7. The average Bonchev–Trinajstić information content (AvgIpc) is 3.44. The number of carbonyl (C=O) groups excluding carboxylic acids is 1. The van der Waals surface area contributed by atoms with Crippen molar-refractivity contribution in [2.24, 2.45) is 0 Å². The van der Waals surface area contributed by atoms with Gasteiger partial charge in [-0.1, -0.05) is 54.5 Å². The van der Waals surface area contributed by atoms with Crippen LogP contribution in [0.25, 0.3) is 11.1 Å². The molecule has 36 heavy (non-hydrogen) atoms. The number of carboxylic acids is 1. The van der Waals surface area contributed by atoms with Crippen LogP contribution in [0.2, 0.25) is 0 Å². The molecule has 12 heteroatoms. The van der Waals surface area contributed by atoms with Crippen LogP contribution in [0.5, 0.6) is 0 Å². The van der Waals surface area contributed by atoms with E-state index in [-0.39, 0.29) is 82.6 Å². The Morgan fingerprint density at radius 1 is 1.19 bits per heavy atom. The van der Waals surface area contributed by atoms with Gasteiger partial charge in [-0.25, -0.2) is 14.6 Å². The van der Waals surface area contributed by atoms with Gasteiger partial charge in [0.05, 0.1) is 5.69 Å². The van der Waals surface area contributed by atoms with Gasteiger partial charge in [0.15, 0.2) is 6.72 Å². The third-order valence-electron chi connectivity index (χ3n) is 5.56. The molecule has 0 bridgehead atoms. The molecular formula is C24H21KN3O6PS. The number of hydrogen-bond acceptors (Lipinski definition) is 7. The molecule has 180 valence electrons. The molecule has 2 aromatic carbocycles. The first-order valence-corrected chi connectivity index (χ1v) is 13.2. The van der Waals surface area contributed by atoms with Gasteiger partial charge in [-0.15, -0.1) is 6.42 Å². The third-order valence-corrected chi connectivity index (χ3v) is 7.69. The zero-order valence-corrected chi connectivity index (χ0v) is 24.2. The number of aromatic nitrogens is 2. The Morgan fingerprint density at radius 3 is 2.39 bits per heavy atom. The zero-order valence-electron chi connectivity index (χ0n) is 19.4. The molecule has 0 fully saturated rings. The van der Waals surface area contributed by atoms with Gasteiger partial charge >= 0.3 is 63.4 Å². The summed E-state index contributed by atoms with van der Waals surface area (Å²) in [5, 5.41) is 11.9.